The van der Waals surface area contributed by atoms with Gasteiger partial charge >= 0.3 is 0 Å². The molecule has 0 bridgehead atoms. The van der Waals surface area contributed by atoms with Crippen LogP contribution in [-0.2, 0) is 6.54 Å². The summed E-state index contributed by atoms with van der Waals surface area (Å²) in [6.45, 7) is 8.22. The predicted molar refractivity (Wildman–Crippen MR) is 101 cm³/mol. The molecule has 0 unspecified atom stereocenters. The number of likely N-dealkylation sites (tertiary alicyclic amines) is 1. The maximum atomic E-state index is 13.4. The second kappa shape index (κ2) is 7.62. The van der Waals surface area contributed by atoms with Crippen molar-refractivity contribution in [3.05, 3.63) is 63.3 Å². The number of aryl methyl sites for hydroxylation is 1. The number of hydrogen-bond donors (Lipinski definition) is 1. The van der Waals surface area contributed by atoms with Gasteiger partial charge in [-0.3, -0.25) is 9.69 Å². The van der Waals surface area contributed by atoms with Crippen molar-refractivity contribution in [2.75, 3.05) is 13.1 Å². The normalized spacial score (nSPS) is 17.4. The highest BCUT2D eigenvalue weighted by Crippen LogP contribution is 2.35. The lowest BCUT2D eigenvalue weighted by Gasteiger charge is -2.37. The van der Waals surface area contributed by atoms with Crippen molar-refractivity contribution >= 4 is 0 Å². The Balaban J connectivity index is 2.15. The highest BCUT2D eigenvalue weighted by Gasteiger charge is 2.31. The van der Waals surface area contributed by atoms with Gasteiger partial charge in [-0.1, -0.05) is 19.1 Å². The molecule has 2 heterocycles. The smallest absolute Gasteiger partial charge is 0.259 e. The predicted octanol–water partition coefficient (Wildman–Crippen LogP) is 3.84. The molecule has 5 heteroatoms. The van der Waals surface area contributed by atoms with Crippen LogP contribution >= 0.6 is 0 Å². The van der Waals surface area contributed by atoms with Crippen LogP contribution in [0.15, 0.2) is 35.1 Å². The fraction of sp³-hybridized carbons (Fsp3) is 0.476. The average molecular weight is 358 g/mol. The summed E-state index contributed by atoms with van der Waals surface area (Å²) in [4.78, 5) is 15.4. The Labute approximate surface area is 153 Å². The summed E-state index contributed by atoms with van der Waals surface area (Å²) in [7, 11) is 0. The molecule has 1 atom stereocenters. The Kier molecular flexibility index (Phi) is 5.47. The molecule has 1 aromatic heterocycles. The van der Waals surface area contributed by atoms with E-state index in [-0.39, 0.29) is 23.2 Å². The molecule has 26 heavy (non-hydrogen) atoms. The Morgan fingerprint density at radius 3 is 2.42 bits per heavy atom. The van der Waals surface area contributed by atoms with Crippen LogP contribution in [0.25, 0.3) is 0 Å². The first-order valence-corrected chi connectivity index (χ1v) is 9.35. The van der Waals surface area contributed by atoms with E-state index in [1.807, 2.05) is 13.8 Å². The Morgan fingerprint density at radius 1 is 1.23 bits per heavy atom. The molecule has 0 radical (unpaired) electrons. The quantitative estimate of drug-likeness (QED) is 0.903. The van der Waals surface area contributed by atoms with Gasteiger partial charge in [0.2, 0.25) is 0 Å². The molecular weight excluding hydrogens is 331 g/mol. The number of rotatable bonds is 4. The lowest BCUT2D eigenvalue weighted by molar-refractivity contribution is 0.154. The third-order valence-electron chi connectivity index (χ3n) is 5.48. The van der Waals surface area contributed by atoms with Crippen LogP contribution in [0.2, 0.25) is 0 Å². The van der Waals surface area contributed by atoms with E-state index in [4.69, 9.17) is 0 Å². The van der Waals surface area contributed by atoms with Gasteiger partial charge in [-0.25, -0.2) is 4.39 Å². The maximum absolute atomic E-state index is 13.4. The first-order chi connectivity index (χ1) is 12.4. The van der Waals surface area contributed by atoms with Crippen molar-refractivity contribution in [1.82, 2.24) is 9.47 Å². The number of halogens is 1. The first-order valence-electron chi connectivity index (χ1n) is 9.35. The number of benzene rings is 1. The summed E-state index contributed by atoms with van der Waals surface area (Å²) in [6, 6.07) is 7.55. The van der Waals surface area contributed by atoms with E-state index in [2.05, 4.69) is 11.8 Å². The number of hydrogen-bond acceptors (Lipinski definition) is 3. The zero-order valence-corrected chi connectivity index (χ0v) is 15.7. The van der Waals surface area contributed by atoms with E-state index in [0.29, 0.717) is 18.0 Å². The number of pyridine rings is 1. The Hall–Kier alpha value is -2.14. The second-order valence-corrected chi connectivity index (χ2v) is 7.31. The first kappa shape index (κ1) is 18.6. The van der Waals surface area contributed by atoms with Gasteiger partial charge < -0.3 is 9.67 Å². The summed E-state index contributed by atoms with van der Waals surface area (Å²) >= 11 is 0. The molecule has 1 saturated heterocycles. The van der Waals surface area contributed by atoms with Gasteiger partial charge in [0.15, 0.2) is 0 Å². The molecule has 140 valence electrons. The molecular formula is C21H27FN2O2. The van der Waals surface area contributed by atoms with Crippen molar-refractivity contribution in [2.24, 2.45) is 5.92 Å². The SMILES string of the molecule is CCn1c(C)cc(O)c([C@H](c2ccc(F)cc2)N2CCC(C)CC2)c1=O. The van der Waals surface area contributed by atoms with Gasteiger partial charge in [0.1, 0.15) is 11.6 Å². The van der Waals surface area contributed by atoms with Crippen molar-refractivity contribution in [2.45, 2.75) is 46.2 Å². The Bertz CT molecular complexity index is 821. The van der Waals surface area contributed by atoms with Crippen LogP contribution in [-0.4, -0.2) is 27.7 Å². The lowest BCUT2D eigenvalue weighted by atomic mass is 9.92. The largest absolute Gasteiger partial charge is 0.507 e. The third-order valence-corrected chi connectivity index (χ3v) is 5.48. The number of aromatic hydroxyl groups is 1. The zero-order valence-electron chi connectivity index (χ0n) is 15.7. The fourth-order valence-corrected chi connectivity index (χ4v) is 3.91. The van der Waals surface area contributed by atoms with E-state index in [1.54, 1.807) is 22.8 Å². The third kappa shape index (κ3) is 3.54. The van der Waals surface area contributed by atoms with Crippen LogP contribution < -0.4 is 5.56 Å². The molecule has 1 aromatic carbocycles. The van der Waals surface area contributed by atoms with Crippen molar-refractivity contribution in [1.29, 1.82) is 0 Å². The van der Waals surface area contributed by atoms with E-state index in [1.165, 1.54) is 12.1 Å². The molecule has 0 spiro atoms. The number of aromatic nitrogens is 1. The Morgan fingerprint density at radius 2 is 1.85 bits per heavy atom. The minimum atomic E-state index is -0.367. The highest BCUT2D eigenvalue weighted by atomic mass is 19.1. The van der Waals surface area contributed by atoms with Gasteiger partial charge in [0, 0.05) is 12.2 Å². The van der Waals surface area contributed by atoms with Gasteiger partial charge in [-0.15, -0.1) is 0 Å². The zero-order chi connectivity index (χ0) is 18.8. The summed E-state index contributed by atoms with van der Waals surface area (Å²) in [5, 5.41) is 10.6. The monoisotopic (exact) mass is 358 g/mol. The van der Waals surface area contributed by atoms with E-state index >= 15 is 0 Å². The standard InChI is InChI=1S/C21H27FN2O2/c1-4-24-15(3)13-18(25)19(21(24)26)20(16-5-7-17(22)8-6-16)23-11-9-14(2)10-12-23/h5-8,13-14,20,25H,4,9-12H2,1-3H3/t20-/m0/s1. The van der Waals surface area contributed by atoms with Crippen LogP contribution in [0, 0.1) is 18.7 Å². The van der Waals surface area contributed by atoms with Crippen LogP contribution in [0.3, 0.4) is 0 Å². The van der Waals surface area contributed by atoms with E-state index < -0.39 is 0 Å². The van der Waals surface area contributed by atoms with Crippen LogP contribution in [0.4, 0.5) is 4.39 Å². The van der Waals surface area contributed by atoms with Gasteiger partial charge in [-0.05, 0) is 69.5 Å². The fourth-order valence-electron chi connectivity index (χ4n) is 3.91. The molecule has 4 nitrogen and oxygen atoms in total. The molecule has 0 saturated carbocycles. The number of piperidine rings is 1. The van der Waals surface area contributed by atoms with Gasteiger partial charge in [0.25, 0.3) is 5.56 Å². The molecule has 1 aliphatic heterocycles. The summed E-state index contributed by atoms with van der Waals surface area (Å²) in [5.74, 6) is 0.364. The molecule has 2 aromatic rings. The highest BCUT2D eigenvalue weighted by molar-refractivity contribution is 5.41. The number of nitrogens with zero attached hydrogens (tertiary/aromatic N) is 2. The van der Waals surface area contributed by atoms with E-state index in [9.17, 15) is 14.3 Å². The molecule has 3 rings (SSSR count). The van der Waals surface area contributed by atoms with Crippen molar-refractivity contribution in [3.63, 3.8) is 0 Å². The average Bonchev–Trinajstić information content (AvgIpc) is 2.61. The molecule has 1 fully saturated rings. The van der Waals surface area contributed by atoms with Crippen LogP contribution in [0.1, 0.15) is 49.6 Å². The second-order valence-electron chi connectivity index (χ2n) is 7.31. The van der Waals surface area contributed by atoms with E-state index in [0.717, 1.165) is 37.2 Å². The summed E-state index contributed by atoms with van der Waals surface area (Å²) in [5.41, 5.74) is 1.79. The maximum Gasteiger partial charge on any atom is 0.259 e. The summed E-state index contributed by atoms with van der Waals surface area (Å²) in [6.07, 6.45) is 2.10. The topological polar surface area (TPSA) is 45.5 Å². The van der Waals surface area contributed by atoms with Gasteiger partial charge in [-0.2, -0.15) is 0 Å². The van der Waals surface area contributed by atoms with Crippen molar-refractivity contribution < 1.29 is 9.50 Å². The molecule has 0 amide bonds. The minimum Gasteiger partial charge on any atom is -0.507 e. The van der Waals surface area contributed by atoms with Crippen LogP contribution in [0.5, 0.6) is 5.75 Å². The lowest BCUT2D eigenvalue weighted by Crippen LogP contribution is -2.40. The van der Waals surface area contributed by atoms with Crippen molar-refractivity contribution in [3.8, 4) is 5.75 Å². The molecule has 1 N–H and O–H groups in total. The molecule has 1 aliphatic rings. The molecule has 0 aliphatic carbocycles. The van der Waals surface area contributed by atoms with Gasteiger partial charge in [0.05, 0.1) is 11.6 Å². The summed E-state index contributed by atoms with van der Waals surface area (Å²) < 4.78 is 15.1. The minimum absolute atomic E-state index is 0.0187.